The van der Waals surface area contributed by atoms with Crippen molar-refractivity contribution in [2.45, 2.75) is 20.5 Å². The van der Waals surface area contributed by atoms with Crippen LogP contribution in [0.4, 0.5) is 5.69 Å². The Morgan fingerprint density at radius 2 is 1.97 bits per heavy atom. The zero-order valence-corrected chi connectivity index (χ0v) is 18.3. The third-order valence-corrected chi connectivity index (χ3v) is 5.99. The van der Waals surface area contributed by atoms with E-state index in [2.05, 4.69) is 15.5 Å². The molecule has 0 bridgehead atoms. The summed E-state index contributed by atoms with van der Waals surface area (Å²) in [6.07, 6.45) is 3.97. The van der Waals surface area contributed by atoms with Crippen LogP contribution in [0.15, 0.2) is 70.8 Å². The lowest BCUT2D eigenvalue weighted by atomic mass is 10.1. The van der Waals surface area contributed by atoms with E-state index in [0.29, 0.717) is 22.8 Å². The molecule has 0 unspecified atom stereocenters. The third-order valence-electron chi connectivity index (χ3n) is 5.22. The first-order valence-corrected chi connectivity index (χ1v) is 10.9. The molecule has 160 valence electrons. The van der Waals surface area contributed by atoms with Crippen LogP contribution in [0.25, 0.3) is 16.2 Å². The van der Waals surface area contributed by atoms with Gasteiger partial charge in [-0.05, 0) is 38.1 Å². The number of hydrogen-bond donors (Lipinski definition) is 1. The molecule has 5 rings (SSSR count). The van der Waals surface area contributed by atoms with Gasteiger partial charge >= 0.3 is 0 Å². The van der Waals surface area contributed by atoms with Gasteiger partial charge in [-0.25, -0.2) is 4.98 Å². The molecule has 0 saturated carbocycles. The predicted octanol–water partition coefficient (Wildman–Crippen LogP) is 5.50. The van der Waals surface area contributed by atoms with E-state index in [1.165, 1.54) is 0 Å². The number of aromatic nitrogens is 3. The Bertz CT molecular complexity index is 1350. The molecule has 0 aliphatic carbocycles. The van der Waals surface area contributed by atoms with Gasteiger partial charge < -0.3 is 14.6 Å². The molecule has 0 radical (unpaired) electrons. The van der Waals surface area contributed by atoms with Crippen LogP contribution in [0, 0.1) is 13.8 Å². The topological polar surface area (TPSA) is 81.7 Å². The number of thiazole rings is 1. The normalized spacial score (nSPS) is 11.1. The third kappa shape index (κ3) is 3.88. The summed E-state index contributed by atoms with van der Waals surface area (Å²) in [6.45, 7) is 3.99. The molecule has 0 saturated heterocycles. The van der Waals surface area contributed by atoms with Gasteiger partial charge in [-0.1, -0.05) is 29.4 Å². The number of fused-ring (bicyclic) bond motifs is 1. The molecule has 1 N–H and O–H groups in total. The average Bonchev–Trinajstić information content (AvgIpc) is 3.49. The van der Waals surface area contributed by atoms with Crippen molar-refractivity contribution in [3.05, 3.63) is 88.9 Å². The number of nitrogens with zero attached hydrogens (tertiary/aromatic N) is 3. The van der Waals surface area contributed by atoms with E-state index in [-0.39, 0.29) is 12.5 Å². The number of anilines is 1. The van der Waals surface area contributed by atoms with Crippen molar-refractivity contribution in [3.8, 4) is 17.0 Å². The van der Waals surface area contributed by atoms with Crippen molar-refractivity contribution in [3.63, 3.8) is 0 Å². The molecule has 0 spiro atoms. The summed E-state index contributed by atoms with van der Waals surface area (Å²) in [7, 11) is 0. The van der Waals surface area contributed by atoms with E-state index in [1.54, 1.807) is 23.5 Å². The van der Waals surface area contributed by atoms with E-state index in [0.717, 1.165) is 27.5 Å². The number of rotatable bonds is 6. The number of para-hydroxylation sites is 1. The maximum Gasteiger partial charge on any atom is 0.259 e. The number of benzene rings is 2. The molecule has 2 aromatic carbocycles. The van der Waals surface area contributed by atoms with Crippen molar-refractivity contribution in [1.82, 2.24) is 14.5 Å². The van der Waals surface area contributed by atoms with Crippen LogP contribution in [0.5, 0.6) is 5.75 Å². The Labute approximate surface area is 188 Å². The number of amides is 1. The highest BCUT2D eigenvalue weighted by molar-refractivity contribution is 7.15. The van der Waals surface area contributed by atoms with Gasteiger partial charge in [-0.2, -0.15) is 0 Å². The molecule has 3 heterocycles. The Balaban J connectivity index is 1.30. The number of hydrogen-bond acceptors (Lipinski definition) is 6. The van der Waals surface area contributed by atoms with Crippen molar-refractivity contribution in [2.24, 2.45) is 0 Å². The number of aryl methyl sites for hydroxylation is 2. The molecule has 0 fully saturated rings. The fourth-order valence-corrected chi connectivity index (χ4v) is 4.13. The zero-order chi connectivity index (χ0) is 22.1. The Kier molecular flexibility index (Phi) is 5.20. The number of carbonyl (C=O) groups is 1. The lowest BCUT2D eigenvalue weighted by Gasteiger charge is -2.12. The molecule has 32 heavy (non-hydrogen) atoms. The quantitative estimate of drug-likeness (QED) is 0.374. The van der Waals surface area contributed by atoms with Crippen molar-refractivity contribution >= 4 is 27.9 Å². The monoisotopic (exact) mass is 444 g/mol. The summed E-state index contributed by atoms with van der Waals surface area (Å²) in [5, 5.41) is 8.88. The molecule has 0 aliphatic rings. The smallest absolute Gasteiger partial charge is 0.259 e. The first-order chi connectivity index (χ1) is 15.6. The molecule has 0 aliphatic heterocycles. The van der Waals surface area contributed by atoms with E-state index >= 15 is 0 Å². The first-order valence-electron chi connectivity index (χ1n) is 10.1. The molecule has 7 nitrogen and oxygen atoms in total. The molecule has 0 atom stereocenters. The molecule has 1 amide bonds. The summed E-state index contributed by atoms with van der Waals surface area (Å²) in [6, 6.07) is 14.8. The van der Waals surface area contributed by atoms with Gasteiger partial charge in [0, 0.05) is 29.0 Å². The molecule has 8 heteroatoms. The summed E-state index contributed by atoms with van der Waals surface area (Å²) in [4.78, 5) is 18.5. The van der Waals surface area contributed by atoms with Gasteiger partial charge in [0.1, 0.15) is 18.1 Å². The second kappa shape index (κ2) is 8.32. The maximum absolute atomic E-state index is 12.9. The lowest BCUT2D eigenvalue weighted by molar-refractivity contribution is 0.102. The summed E-state index contributed by atoms with van der Waals surface area (Å²) >= 11 is 1.59. The molecular formula is C24H20N4O3S. The highest BCUT2D eigenvalue weighted by atomic mass is 32.1. The standard InChI is InChI=1S/C24H20N4O3S/c1-15-20(16(2)31-27-15)14-30-22-6-4-3-5-19(22)23(29)25-18-9-7-17(8-10-18)21-13-28-11-12-32-24(28)26-21/h3-13H,14H2,1-2H3,(H,25,29). The van der Waals surface area contributed by atoms with Crippen LogP contribution in [-0.2, 0) is 6.61 Å². The van der Waals surface area contributed by atoms with Crippen LogP contribution in [-0.4, -0.2) is 20.4 Å². The number of nitrogens with one attached hydrogen (secondary N) is 1. The zero-order valence-electron chi connectivity index (χ0n) is 17.5. The largest absolute Gasteiger partial charge is 0.488 e. The second-order valence-electron chi connectivity index (χ2n) is 7.34. The Morgan fingerprint density at radius 1 is 1.16 bits per heavy atom. The van der Waals surface area contributed by atoms with Crippen LogP contribution < -0.4 is 10.1 Å². The van der Waals surface area contributed by atoms with Gasteiger partial charge in [-0.3, -0.25) is 9.20 Å². The van der Waals surface area contributed by atoms with Gasteiger partial charge in [0.15, 0.2) is 4.96 Å². The van der Waals surface area contributed by atoms with E-state index in [9.17, 15) is 4.79 Å². The summed E-state index contributed by atoms with van der Waals surface area (Å²) in [5.74, 6) is 0.969. The minimum atomic E-state index is -0.241. The lowest BCUT2D eigenvalue weighted by Crippen LogP contribution is -2.13. The predicted molar refractivity (Wildman–Crippen MR) is 123 cm³/mol. The highest BCUT2D eigenvalue weighted by Gasteiger charge is 2.15. The minimum absolute atomic E-state index is 0.241. The van der Waals surface area contributed by atoms with Crippen molar-refractivity contribution < 1.29 is 14.1 Å². The Morgan fingerprint density at radius 3 is 2.72 bits per heavy atom. The van der Waals surface area contributed by atoms with E-state index in [4.69, 9.17) is 9.26 Å². The number of imidazole rings is 1. The van der Waals surface area contributed by atoms with Crippen LogP contribution in [0.1, 0.15) is 27.4 Å². The fourth-order valence-electron chi connectivity index (χ4n) is 3.43. The minimum Gasteiger partial charge on any atom is -0.488 e. The first kappa shape index (κ1) is 20.0. The van der Waals surface area contributed by atoms with Crippen molar-refractivity contribution in [2.75, 3.05) is 5.32 Å². The molecular weight excluding hydrogens is 424 g/mol. The average molecular weight is 445 g/mol. The fraction of sp³-hybridized carbons (Fsp3) is 0.125. The highest BCUT2D eigenvalue weighted by Crippen LogP contribution is 2.25. The summed E-state index contributed by atoms with van der Waals surface area (Å²) in [5.41, 5.74) is 4.70. The van der Waals surface area contributed by atoms with Crippen LogP contribution in [0.3, 0.4) is 0 Å². The van der Waals surface area contributed by atoms with E-state index < -0.39 is 0 Å². The maximum atomic E-state index is 12.9. The summed E-state index contributed by atoms with van der Waals surface area (Å²) < 4.78 is 13.1. The van der Waals surface area contributed by atoms with Crippen molar-refractivity contribution in [1.29, 1.82) is 0 Å². The number of carbonyl (C=O) groups excluding carboxylic acids is 1. The van der Waals surface area contributed by atoms with Gasteiger partial charge in [0.25, 0.3) is 5.91 Å². The second-order valence-corrected chi connectivity index (χ2v) is 8.21. The van der Waals surface area contributed by atoms with E-state index in [1.807, 2.05) is 72.4 Å². The molecule has 3 aromatic heterocycles. The SMILES string of the molecule is Cc1noc(C)c1COc1ccccc1C(=O)Nc1ccc(-c2cn3ccsc3n2)cc1. The van der Waals surface area contributed by atoms with Crippen LogP contribution >= 0.6 is 11.3 Å². The Hall–Kier alpha value is -3.91. The van der Waals surface area contributed by atoms with Crippen LogP contribution in [0.2, 0.25) is 0 Å². The molecule has 5 aromatic rings. The van der Waals surface area contributed by atoms with Gasteiger partial charge in [-0.15, -0.1) is 11.3 Å². The van der Waals surface area contributed by atoms with Gasteiger partial charge in [0.05, 0.1) is 22.5 Å². The number of ether oxygens (including phenoxy) is 1. The van der Waals surface area contributed by atoms with Gasteiger partial charge in [0.2, 0.25) is 0 Å².